The molecule has 1 aromatic carbocycles. The van der Waals surface area contributed by atoms with Crippen LogP contribution < -0.4 is 10.2 Å². The van der Waals surface area contributed by atoms with E-state index in [2.05, 4.69) is 16.3 Å². The van der Waals surface area contributed by atoms with E-state index in [0.717, 1.165) is 30.1 Å². The Labute approximate surface area is 99.4 Å². The van der Waals surface area contributed by atoms with Crippen LogP contribution in [0.25, 0.3) is 0 Å². The molecule has 0 spiro atoms. The second-order valence-electron chi connectivity index (χ2n) is 4.37. The van der Waals surface area contributed by atoms with Crippen molar-refractivity contribution in [2.24, 2.45) is 0 Å². The smallest absolute Gasteiger partial charge is 0.239 e. The highest BCUT2D eigenvalue weighted by Gasteiger charge is 2.32. The summed E-state index contributed by atoms with van der Waals surface area (Å²) in [5.74, 6) is 0.0871. The lowest BCUT2D eigenvalue weighted by molar-refractivity contribution is -0.120. The van der Waals surface area contributed by atoms with Crippen molar-refractivity contribution < 1.29 is 4.79 Å². The van der Waals surface area contributed by atoms with Gasteiger partial charge in [-0.25, -0.2) is 0 Å². The highest BCUT2D eigenvalue weighted by molar-refractivity contribution is 6.33. The zero-order valence-electron chi connectivity index (χ0n) is 8.87. The standard InChI is InChI=1S/C12H13ClN2O/c13-10-3-1-2-8-4-5-9-6-14-11(16)7-15(9)12(8)10/h1-3,9H,4-7H2,(H,14,16). The van der Waals surface area contributed by atoms with Crippen LogP contribution in [-0.4, -0.2) is 25.0 Å². The van der Waals surface area contributed by atoms with Crippen LogP contribution >= 0.6 is 11.6 Å². The van der Waals surface area contributed by atoms with Gasteiger partial charge in [-0.2, -0.15) is 0 Å². The summed E-state index contributed by atoms with van der Waals surface area (Å²) in [5.41, 5.74) is 2.33. The van der Waals surface area contributed by atoms with Crippen LogP contribution in [0.1, 0.15) is 12.0 Å². The number of amides is 1. The molecule has 3 rings (SSSR count). The monoisotopic (exact) mass is 236 g/mol. The molecule has 0 saturated carbocycles. The molecule has 1 saturated heterocycles. The number of carbonyl (C=O) groups is 1. The molecule has 1 N–H and O–H groups in total. The molecule has 2 heterocycles. The first-order valence-electron chi connectivity index (χ1n) is 5.56. The lowest BCUT2D eigenvalue weighted by atomic mass is 9.94. The van der Waals surface area contributed by atoms with Gasteiger partial charge in [-0.3, -0.25) is 4.79 Å². The van der Waals surface area contributed by atoms with E-state index < -0.39 is 0 Å². The normalized spacial score (nSPS) is 23.4. The van der Waals surface area contributed by atoms with E-state index in [1.807, 2.05) is 12.1 Å². The minimum Gasteiger partial charge on any atom is -0.356 e. The number of para-hydroxylation sites is 1. The van der Waals surface area contributed by atoms with Crippen LogP contribution in [0.15, 0.2) is 18.2 Å². The summed E-state index contributed by atoms with van der Waals surface area (Å²) in [7, 11) is 0. The van der Waals surface area contributed by atoms with E-state index in [9.17, 15) is 4.79 Å². The fraction of sp³-hybridized carbons (Fsp3) is 0.417. The third-order valence-electron chi connectivity index (χ3n) is 3.39. The summed E-state index contributed by atoms with van der Waals surface area (Å²) in [6, 6.07) is 6.38. The van der Waals surface area contributed by atoms with Crippen LogP contribution in [-0.2, 0) is 11.2 Å². The molecule has 84 valence electrons. The zero-order valence-corrected chi connectivity index (χ0v) is 9.63. The maximum atomic E-state index is 11.4. The highest BCUT2D eigenvalue weighted by Crippen LogP contribution is 2.37. The highest BCUT2D eigenvalue weighted by atomic mass is 35.5. The molecule has 0 aromatic heterocycles. The van der Waals surface area contributed by atoms with Crippen LogP contribution in [0.3, 0.4) is 0 Å². The number of rotatable bonds is 0. The number of anilines is 1. The van der Waals surface area contributed by atoms with Gasteiger partial charge in [-0.05, 0) is 24.5 Å². The van der Waals surface area contributed by atoms with Crippen LogP contribution in [0, 0.1) is 0 Å². The number of nitrogens with one attached hydrogen (secondary N) is 1. The van der Waals surface area contributed by atoms with Gasteiger partial charge >= 0.3 is 0 Å². The number of halogens is 1. The summed E-state index contributed by atoms with van der Waals surface area (Å²) in [6.45, 7) is 1.17. The van der Waals surface area contributed by atoms with E-state index >= 15 is 0 Å². The van der Waals surface area contributed by atoms with Gasteiger partial charge in [0, 0.05) is 12.6 Å². The zero-order chi connectivity index (χ0) is 11.1. The van der Waals surface area contributed by atoms with E-state index in [0.29, 0.717) is 12.6 Å². The average Bonchev–Trinajstić information content (AvgIpc) is 2.28. The predicted octanol–water partition coefficient (Wildman–Crippen LogP) is 1.59. The summed E-state index contributed by atoms with van der Waals surface area (Å²) in [5, 5.41) is 3.67. The number of carbonyl (C=O) groups excluding carboxylic acids is 1. The van der Waals surface area contributed by atoms with Gasteiger partial charge in [-0.1, -0.05) is 23.7 Å². The Morgan fingerprint density at radius 2 is 2.31 bits per heavy atom. The molecule has 0 radical (unpaired) electrons. The minimum atomic E-state index is 0.0871. The van der Waals surface area contributed by atoms with Crippen molar-refractivity contribution in [3.8, 4) is 0 Å². The van der Waals surface area contributed by atoms with Crippen molar-refractivity contribution in [3.05, 3.63) is 28.8 Å². The SMILES string of the molecule is O=C1CN2c3c(Cl)cccc3CCC2CN1. The molecule has 2 aliphatic rings. The van der Waals surface area contributed by atoms with Gasteiger partial charge in [0.05, 0.1) is 17.3 Å². The van der Waals surface area contributed by atoms with Crippen LogP contribution in [0.4, 0.5) is 5.69 Å². The van der Waals surface area contributed by atoms with E-state index in [-0.39, 0.29) is 5.91 Å². The number of hydrogen-bond acceptors (Lipinski definition) is 2. The molecule has 1 amide bonds. The lowest BCUT2D eigenvalue weighted by Crippen LogP contribution is -2.56. The third-order valence-corrected chi connectivity index (χ3v) is 3.70. The predicted molar refractivity (Wildman–Crippen MR) is 63.9 cm³/mol. The molecular formula is C12H13ClN2O. The Balaban J connectivity index is 2.06. The van der Waals surface area contributed by atoms with Gasteiger partial charge in [0.1, 0.15) is 0 Å². The second kappa shape index (κ2) is 3.67. The van der Waals surface area contributed by atoms with E-state index in [1.165, 1.54) is 5.56 Å². The average molecular weight is 237 g/mol. The first kappa shape index (κ1) is 9.97. The van der Waals surface area contributed by atoms with Crippen molar-refractivity contribution in [1.82, 2.24) is 5.32 Å². The minimum absolute atomic E-state index is 0.0871. The summed E-state index contributed by atoms with van der Waals surface area (Å²) < 4.78 is 0. The summed E-state index contributed by atoms with van der Waals surface area (Å²) in [6.07, 6.45) is 2.14. The second-order valence-corrected chi connectivity index (χ2v) is 4.78. The fourth-order valence-corrected chi connectivity index (χ4v) is 2.91. The van der Waals surface area contributed by atoms with Crippen molar-refractivity contribution in [2.75, 3.05) is 18.0 Å². The molecule has 3 nitrogen and oxygen atoms in total. The number of fused-ring (bicyclic) bond motifs is 3. The maximum absolute atomic E-state index is 11.4. The molecule has 16 heavy (non-hydrogen) atoms. The Kier molecular flexibility index (Phi) is 2.28. The van der Waals surface area contributed by atoms with E-state index in [4.69, 9.17) is 11.6 Å². The third kappa shape index (κ3) is 1.47. The number of aryl methyl sites for hydroxylation is 1. The van der Waals surface area contributed by atoms with Gasteiger partial charge in [0.2, 0.25) is 5.91 Å². The van der Waals surface area contributed by atoms with Crippen molar-refractivity contribution in [3.63, 3.8) is 0 Å². The molecule has 1 atom stereocenters. The molecular weight excluding hydrogens is 224 g/mol. The van der Waals surface area contributed by atoms with Gasteiger partial charge in [-0.15, -0.1) is 0 Å². The molecule has 0 aliphatic carbocycles. The first-order chi connectivity index (χ1) is 7.75. The van der Waals surface area contributed by atoms with Gasteiger partial charge in [0.25, 0.3) is 0 Å². The molecule has 1 aromatic rings. The van der Waals surface area contributed by atoms with Crippen molar-refractivity contribution >= 4 is 23.2 Å². The van der Waals surface area contributed by atoms with Crippen LogP contribution in [0.2, 0.25) is 5.02 Å². The van der Waals surface area contributed by atoms with Gasteiger partial charge in [0.15, 0.2) is 0 Å². The number of benzene rings is 1. The quantitative estimate of drug-likeness (QED) is 0.742. The van der Waals surface area contributed by atoms with Gasteiger partial charge < -0.3 is 10.2 Å². The topological polar surface area (TPSA) is 32.3 Å². The molecule has 4 heteroatoms. The Bertz CT molecular complexity index is 447. The number of nitrogens with zero attached hydrogens (tertiary/aromatic N) is 1. The van der Waals surface area contributed by atoms with Crippen molar-refractivity contribution in [1.29, 1.82) is 0 Å². The Morgan fingerprint density at radius 1 is 1.44 bits per heavy atom. The van der Waals surface area contributed by atoms with Crippen LogP contribution in [0.5, 0.6) is 0 Å². The fourth-order valence-electron chi connectivity index (χ4n) is 2.61. The molecule has 1 fully saturated rings. The Morgan fingerprint density at radius 3 is 3.19 bits per heavy atom. The first-order valence-corrected chi connectivity index (χ1v) is 5.94. The number of hydrogen-bond donors (Lipinski definition) is 1. The molecule has 0 bridgehead atoms. The Hall–Kier alpha value is -1.22. The molecule has 1 unspecified atom stereocenters. The summed E-state index contributed by atoms with van der Waals surface area (Å²) in [4.78, 5) is 13.6. The maximum Gasteiger partial charge on any atom is 0.239 e. The van der Waals surface area contributed by atoms with Crippen molar-refractivity contribution in [2.45, 2.75) is 18.9 Å². The number of piperazine rings is 1. The molecule has 2 aliphatic heterocycles. The largest absolute Gasteiger partial charge is 0.356 e. The summed E-state index contributed by atoms with van der Waals surface area (Å²) >= 11 is 6.24. The van der Waals surface area contributed by atoms with E-state index in [1.54, 1.807) is 0 Å². The lowest BCUT2D eigenvalue weighted by Gasteiger charge is -2.42.